The van der Waals surface area contributed by atoms with Gasteiger partial charge >= 0.3 is 0 Å². The van der Waals surface area contributed by atoms with E-state index >= 15 is 0 Å². The molecule has 0 saturated carbocycles. The Hall–Kier alpha value is -1.32. The van der Waals surface area contributed by atoms with E-state index < -0.39 is 0 Å². The maximum Gasteiger partial charge on any atom is 0.209 e. The van der Waals surface area contributed by atoms with Gasteiger partial charge in [0.1, 0.15) is 0 Å². The molecule has 1 aliphatic rings. The van der Waals surface area contributed by atoms with Crippen LogP contribution in [0.2, 0.25) is 5.02 Å². The Labute approximate surface area is 124 Å². The monoisotopic (exact) mass is 290 g/mol. The van der Waals surface area contributed by atoms with Crippen molar-refractivity contribution in [1.82, 2.24) is 9.88 Å². The first-order valence-corrected chi connectivity index (χ1v) is 7.62. The van der Waals surface area contributed by atoms with Crippen LogP contribution in [0, 0.1) is 0 Å². The lowest BCUT2D eigenvalue weighted by molar-refractivity contribution is 0.249. The molecule has 0 unspecified atom stereocenters. The van der Waals surface area contributed by atoms with Gasteiger partial charge in [-0.15, -0.1) is 0 Å². The molecule has 106 valence electrons. The minimum Gasteiger partial charge on any atom is -0.439 e. The highest BCUT2D eigenvalue weighted by molar-refractivity contribution is 6.30. The summed E-state index contributed by atoms with van der Waals surface area (Å²) in [4.78, 5) is 6.83. The molecule has 1 fully saturated rings. The Morgan fingerprint density at radius 2 is 1.75 bits per heavy atom. The van der Waals surface area contributed by atoms with Gasteiger partial charge in [-0.25, -0.2) is 4.98 Å². The SMILES string of the molecule is Clc1ccc(-c2cnc(CN3CCCCCC3)o2)cc1. The van der Waals surface area contributed by atoms with E-state index in [-0.39, 0.29) is 0 Å². The fourth-order valence-electron chi connectivity index (χ4n) is 2.62. The van der Waals surface area contributed by atoms with Gasteiger partial charge in [-0.3, -0.25) is 4.90 Å². The highest BCUT2D eigenvalue weighted by Gasteiger charge is 2.13. The largest absolute Gasteiger partial charge is 0.439 e. The number of halogens is 1. The average Bonchev–Trinajstić information content (AvgIpc) is 2.76. The molecule has 1 saturated heterocycles. The van der Waals surface area contributed by atoms with Crippen molar-refractivity contribution in [2.24, 2.45) is 0 Å². The third kappa shape index (κ3) is 3.41. The highest BCUT2D eigenvalue weighted by Crippen LogP contribution is 2.23. The number of likely N-dealkylation sites (tertiary alicyclic amines) is 1. The molecule has 2 heterocycles. The van der Waals surface area contributed by atoms with Crippen LogP contribution < -0.4 is 0 Å². The van der Waals surface area contributed by atoms with Gasteiger partial charge in [-0.1, -0.05) is 24.4 Å². The summed E-state index contributed by atoms with van der Waals surface area (Å²) in [6, 6.07) is 7.65. The Morgan fingerprint density at radius 1 is 1.05 bits per heavy atom. The minimum atomic E-state index is 0.734. The molecule has 0 radical (unpaired) electrons. The number of oxazole rings is 1. The lowest BCUT2D eigenvalue weighted by Crippen LogP contribution is -2.24. The Bertz CT molecular complexity index is 542. The van der Waals surface area contributed by atoms with Crippen LogP contribution in [-0.2, 0) is 6.54 Å². The van der Waals surface area contributed by atoms with Gasteiger partial charge in [0.05, 0.1) is 12.7 Å². The molecule has 0 atom stereocenters. The molecular formula is C16H19ClN2O. The first-order valence-electron chi connectivity index (χ1n) is 7.24. The smallest absolute Gasteiger partial charge is 0.209 e. The molecule has 0 aliphatic carbocycles. The summed E-state index contributed by atoms with van der Waals surface area (Å²) < 4.78 is 5.86. The van der Waals surface area contributed by atoms with Crippen LogP contribution in [0.3, 0.4) is 0 Å². The van der Waals surface area contributed by atoms with Gasteiger partial charge in [0, 0.05) is 10.6 Å². The van der Waals surface area contributed by atoms with Gasteiger partial charge in [-0.2, -0.15) is 0 Å². The second-order valence-electron chi connectivity index (χ2n) is 5.32. The maximum atomic E-state index is 5.90. The summed E-state index contributed by atoms with van der Waals surface area (Å²) in [5.74, 6) is 1.61. The third-order valence-electron chi connectivity index (χ3n) is 3.74. The first-order chi connectivity index (χ1) is 9.81. The van der Waals surface area contributed by atoms with Crippen molar-refractivity contribution in [3.8, 4) is 11.3 Å². The van der Waals surface area contributed by atoms with E-state index in [0.29, 0.717) is 0 Å². The zero-order chi connectivity index (χ0) is 13.8. The number of nitrogens with zero attached hydrogens (tertiary/aromatic N) is 2. The third-order valence-corrected chi connectivity index (χ3v) is 3.99. The van der Waals surface area contributed by atoms with Crippen LogP contribution in [0.1, 0.15) is 31.6 Å². The summed E-state index contributed by atoms with van der Waals surface area (Å²) in [6.45, 7) is 3.12. The second-order valence-corrected chi connectivity index (χ2v) is 5.75. The molecule has 0 spiro atoms. The highest BCUT2D eigenvalue weighted by atomic mass is 35.5. The molecule has 1 aromatic carbocycles. The van der Waals surface area contributed by atoms with Crippen molar-refractivity contribution in [2.75, 3.05) is 13.1 Å². The molecule has 0 amide bonds. The van der Waals surface area contributed by atoms with E-state index in [1.54, 1.807) is 6.20 Å². The fourth-order valence-corrected chi connectivity index (χ4v) is 2.74. The summed E-state index contributed by atoms with van der Waals surface area (Å²) in [5.41, 5.74) is 1.02. The van der Waals surface area contributed by atoms with Crippen LogP contribution in [0.4, 0.5) is 0 Å². The second kappa shape index (κ2) is 6.42. The number of rotatable bonds is 3. The molecule has 0 N–H and O–H groups in total. The number of hydrogen-bond acceptors (Lipinski definition) is 3. The van der Waals surface area contributed by atoms with Crippen LogP contribution in [0.5, 0.6) is 0 Å². The van der Waals surface area contributed by atoms with E-state index in [1.165, 1.54) is 25.7 Å². The van der Waals surface area contributed by atoms with Gasteiger partial charge < -0.3 is 4.42 Å². The molecule has 1 aromatic heterocycles. The van der Waals surface area contributed by atoms with Gasteiger partial charge in [-0.05, 0) is 50.2 Å². The van der Waals surface area contributed by atoms with Crippen molar-refractivity contribution in [2.45, 2.75) is 32.2 Å². The van der Waals surface area contributed by atoms with Crippen LogP contribution in [-0.4, -0.2) is 23.0 Å². The normalized spacial score (nSPS) is 17.1. The van der Waals surface area contributed by atoms with E-state index in [9.17, 15) is 0 Å². The number of hydrogen-bond donors (Lipinski definition) is 0. The number of aromatic nitrogens is 1. The molecular weight excluding hydrogens is 272 g/mol. The molecule has 2 aromatic rings. The summed E-state index contributed by atoms with van der Waals surface area (Å²) in [6.07, 6.45) is 7.06. The molecule has 20 heavy (non-hydrogen) atoms. The zero-order valence-corrected chi connectivity index (χ0v) is 12.3. The number of benzene rings is 1. The molecule has 4 heteroatoms. The van der Waals surface area contributed by atoms with Crippen molar-refractivity contribution in [1.29, 1.82) is 0 Å². The zero-order valence-electron chi connectivity index (χ0n) is 11.5. The summed E-state index contributed by atoms with van der Waals surface area (Å²) in [5, 5.41) is 0.734. The van der Waals surface area contributed by atoms with E-state index in [1.807, 2.05) is 24.3 Å². The standard InChI is InChI=1S/C16H19ClN2O/c17-14-7-5-13(6-8-14)15-11-18-16(20-15)12-19-9-3-1-2-4-10-19/h5-8,11H,1-4,9-10,12H2. The Morgan fingerprint density at radius 3 is 2.45 bits per heavy atom. The topological polar surface area (TPSA) is 29.3 Å². The van der Waals surface area contributed by atoms with Crippen LogP contribution >= 0.6 is 11.6 Å². The predicted octanol–water partition coefficient (Wildman–Crippen LogP) is 4.37. The van der Waals surface area contributed by atoms with Crippen molar-refractivity contribution < 1.29 is 4.42 Å². The maximum absolute atomic E-state index is 5.90. The molecule has 0 bridgehead atoms. The van der Waals surface area contributed by atoms with Gasteiger partial charge in [0.2, 0.25) is 5.89 Å². The quantitative estimate of drug-likeness (QED) is 0.840. The minimum absolute atomic E-state index is 0.734. The average molecular weight is 291 g/mol. The predicted molar refractivity (Wildman–Crippen MR) is 80.7 cm³/mol. The fraction of sp³-hybridized carbons (Fsp3) is 0.438. The molecule has 3 nitrogen and oxygen atoms in total. The summed E-state index contributed by atoms with van der Waals surface area (Å²) in [7, 11) is 0. The molecule has 3 rings (SSSR count). The van der Waals surface area contributed by atoms with Crippen molar-refractivity contribution in [3.63, 3.8) is 0 Å². The Kier molecular flexibility index (Phi) is 4.38. The van der Waals surface area contributed by atoms with E-state index in [4.69, 9.17) is 16.0 Å². The molecule has 1 aliphatic heterocycles. The Balaban J connectivity index is 1.68. The van der Waals surface area contributed by atoms with Gasteiger partial charge in [0.15, 0.2) is 5.76 Å². The van der Waals surface area contributed by atoms with Crippen molar-refractivity contribution in [3.05, 3.63) is 41.4 Å². The van der Waals surface area contributed by atoms with E-state index in [0.717, 1.165) is 41.9 Å². The van der Waals surface area contributed by atoms with E-state index in [2.05, 4.69) is 9.88 Å². The lowest BCUT2D eigenvalue weighted by atomic mass is 10.2. The summed E-state index contributed by atoms with van der Waals surface area (Å²) >= 11 is 5.90. The van der Waals surface area contributed by atoms with Crippen LogP contribution in [0.15, 0.2) is 34.9 Å². The first kappa shape index (κ1) is 13.7. The van der Waals surface area contributed by atoms with Crippen molar-refractivity contribution >= 4 is 11.6 Å². The lowest BCUT2D eigenvalue weighted by Gasteiger charge is -2.17. The van der Waals surface area contributed by atoms with Gasteiger partial charge in [0.25, 0.3) is 0 Å². The van der Waals surface area contributed by atoms with Crippen LogP contribution in [0.25, 0.3) is 11.3 Å².